The molecule has 0 bridgehead atoms. The molecule has 0 heterocycles. The highest BCUT2D eigenvalue weighted by Crippen LogP contribution is 2.08. The fourth-order valence-electron chi connectivity index (χ4n) is 2.26. The Morgan fingerprint density at radius 3 is 2.00 bits per heavy atom. The molecule has 0 aliphatic heterocycles. The van der Waals surface area contributed by atoms with Crippen LogP contribution in [-0.4, -0.2) is 24.4 Å². The van der Waals surface area contributed by atoms with Gasteiger partial charge in [-0.25, -0.2) is 4.79 Å². The molecule has 6 nitrogen and oxygen atoms in total. The van der Waals surface area contributed by atoms with Gasteiger partial charge in [-0.15, -0.1) is 0 Å². The number of carbonyl (C=O) groups excluding carboxylic acids is 2. The Bertz CT molecular complexity index is 690. The molecule has 0 spiro atoms. The Hall–Kier alpha value is -2.86. The number of rotatable bonds is 8. The molecule has 0 aromatic heterocycles. The van der Waals surface area contributed by atoms with Gasteiger partial charge < -0.3 is 14.2 Å². The van der Waals surface area contributed by atoms with E-state index in [0.29, 0.717) is 0 Å². The standard InChI is InChI=1S/C20H23NO5/c1-15(26-16(2)22)19(24-13-17-9-5-3-6-10-17)21-20(23)25-14-18-11-7-4-8-12-18/h3-12,15,19H,13-14H2,1-2H3,(H,21,23). The second-order valence-electron chi connectivity index (χ2n) is 5.74. The first-order valence-corrected chi connectivity index (χ1v) is 8.34. The summed E-state index contributed by atoms with van der Waals surface area (Å²) >= 11 is 0. The van der Waals surface area contributed by atoms with Crippen molar-refractivity contribution in [3.8, 4) is 0 Å². The van der Waals surface area contributed by atoms with E-state index < -0.39 is 24.4 Å². The largest absolute Gasteiger partial charge is 0.458 e. The SMILES string of the molecule is CC(=O)OC(C)C(NC(=O)OCc1ccccc1)OCc1ccccc1. The van der Waals surface area contributed by atoms with E-state index in [4.69, 9.17) is 14.2 Å². The van der Waals surface area contributed by atoms with Crippen molar-refractivity contribution in [3.63, 3.8) is 0 Å². The topological polar surface area (TPSA) is 73.9 Å². The van der Waals surface area contributed by atoms with Gasteiger partial charge in [-0.2, -0.15) is 0 Å². The van der Waals surface area contributed by atoms with Crippen LogP contribution in [0.4, 0.5) is 4.79 Å². The van der Waals surface area contributed by atoms with Crippen molar-refractivity contribution in [2.24, 2.45) is 0 Å². The monoisotopic (exact) mass is 357 g/mol. The summed E-state index contributed by atoms with van der Waals surface area (Å²) in [6.45, 7) is 3.35. The molecule has 1 amide bonds. The molecule has 138 valence electrons. The molecule has 0 fully saturated rings. The summed E-state index contributed by atoms with van der Waals surface area (Å²) in [5, 5.41) is 2.60. The minimum atomic E-state index is -0.831. The van der Waals surface area contributed by atoms with Gasteiger partial charge in [-0.1, -0.05) is 60.7 Å². The predicted octanol–water partition coefficient (Wildman–Crippen LogP) is 3.41. The average Bonchev–Trinajstić information content (AvgIpc) is 2.64. The number of nitrogens with one attached hydrogen (secondary N) is 1. The quantitative estimate of drug-likeness (QED) is 0.579. The van der Waals surface area contributed by atoms with Crippen molar-refractivity contribution in [1.29, 1.82) is 0 Å². The lowest BCUT2D eigenvalue weighted by molar-refractivity contribution is -0.155. The second-order valence-corrected chi connectivity index (χ2v) is 5.74. The van der Waals surface area contributed by atoms with Crippen LogP contribution in [0.15, 0.2) is 60.7 Å². The highest BCUT2D eigenvalue weighted by Gasteiger charge is 2.23. The van der Waals surface area contributed by atoms with E-state index in [9.17, 15) is 9.59 Å². The molecule has 1 N–H and O–H groups in total. The van der Waals surface area contributed by atoms with Crippen LogP contribution in [0.2, 0.25) is 0 Å². The number of ether oxygens (including phenoxy) is 3. The number of hydrogen-bond donors (Lipinski definition) is 1. The minimum Gasteiger partial charge on any atom is -0.458 e. The summed E-state index contributed by atoms with van der Waals surface area (Å²) in [4.78, 5) is 23.3. The van der Waals surface area contributed by atoms with Crippen LogP contribution in [-0.2, 0) is 32.2 Å². The average molecular weight is 357 g/mol. The van der Waals surface area contributed by atoms with Crippen LogP contribution in [0.1, 0.15) is 25.0 Å². The van der Waals surface area contributed by atoms with Gasteiger partial charge >= 0.3 is 12.1 Å². The van der Waals surface area contributed by atoms with E-state index in [2.05, 4.69) is 5.32 Å². The minimum absolute atomic E-state index is 0.139. The third-order valence-corrected chi connectivity index (χ3v) is 3.52. The normalized spacial score (nSPS) is 12.7. The maximum absolute atomic E-state index is 12.1. The van der Waals surface area contributed by atoms with E-state index in [1.165, 1.54) is 6.92 Å². The Balaban J connectivity index is 1.91. The van der Waals surface area contributed by atoms with Crippen molar-refractivity contribution in [3.05, 3.63) is 71.8 Å². The highest BCUT2D eigenvalue weighted by molar-refractivity contribution is 5.68. The zero-order valence-corrected chi connectivity index (χ0v) is 14.9. The van der Waals surface area contributed by atoms with Gasteiger partial charge in [0.05, 0.1) is 6.61 Å². The van der Waals surface area contributed by atoms with E-state index in [1.54, 1.807) is 6.92 Å². The van der Waals surface area contributed by atoms with E-state index in [1.807, 2.05) is 60.7 Å². The maximum Gasteiger partial charge on any atom is 0.409 e. The molecule has 0 aliphatic rings. The second kappa shape index (κ2) is 10.2. The molecule has 6 heteroatoms. The lowest BCUT2D eigenvalue weighted by Crippen LogP contribution is -2.45. The van der Waals surface area contributed by atoms with Crippen LogP contribution in [0.25, 0.3) is 0 Å². The van der Waals surface area contributed by atoms with Crippen LogP contribution >= 0.6 is 0 Å². The predicted molar refractivity (Wildman–Crippen MR) is 96.0 cm³/mol. The number of amides is 1. The summed E-state index contributed by atoms with van der Waals surface area (Å²) in [5.74, 6) is -0.453. The molecule has 2 aromatic carbocycles. The molecule has 2 aromatic rings. The van der Waals surface area contributed by atoms with Gasteiger partial charge in [0.25, 0.3) is 0 Å². The van der Waals surface area contributed by atoms with Crippen LogP contribution in [0.3, 0.4) is 0 Å². The first kappa shape index (κ1) is 19.5. The van der Waals surface area contributed by atoms with Crippen molar-refractivity contribution in [1.82, 2.24) is 5.32 Å². The lowest BCUT2D eigenvalue weighted by atomic mass is 10.2. The molecule has 2 atom stereocenters. The van der Waals surface area contributed by atoms with Crippen molar-refractivity contribution in [2.75, 3.05) is 0 Å². The van der Waals surface area contributed by atoms with E-state index >= 15 is 0 Å². The third kappa shape index (κ3) is 6.94. The van der Waals surface area contributed by atoms with Gasteiger partial charge in [-0.05, 0) is 18.1 Å². The Kier molecular flexibility index (Phi) is 7.64. The third-order valence-electron chi connectivity index (χ3n) is 3.52. The Labute approximate surface area is 153 Å². The molecule has 0 saturated heterocycles. The zero-order valence-electron chi connectivity index (χ0n) is 14.9. The molecule has 0 saturated carbocycles. The first-order chi connectivity index (χ1) is 12.5. The molecule has 2 rings (SSSR count). The number of carbonyl (C=O) groups is 2. The summed E-state index contributed by atoms with van der Waals surface area (Å²) in [6.07, 6.45) is -2.14. The van der Waals surface area contributed by atoms with Crippen LogP contribution in [0, 0.1) is 0 Å². The molecule has 2 unspecified atom stereocenters. The zero-order chi connectivity index (χ0) is 18.8. The van der Waals surface area contributed by atoms with E-state index in [-0.39, 0.29) is 13.2 Å². The smallest absolute Gasteiger partial charge is 0.409 e. The van der Waals surface area contributed by atoms with Gasteiger partial charge in [0.2, 0.25) is 0 Å². The molecule has 0 aliphatic carbocycles. The van der Waals surface area contributed by atoms with Crippen molar-refractivity contribution >= 4 is 12.1 Å². The summed E-state index contributed by atoms with van der Waals surface area (Å²) in [5.41, 5.74) is 1.81. The molecule has 0 radical (unpaired) electrons. The summed E-state index contributed by atoms with van der Waals surface area (Å²) in [7, 11) is 0. The highest BCUT2D eigenvalue weighted by atomic mass is 16.6. The molecular formula is C20H23NO5. The van der Waals surface area contributed by atoms with Gasteiger partial charge in [0.15, 0.2) is 6.23 Å². The first-order valence-electron chi connectivity index (χ1n) is 8.34. The van der Waals surface area contributed by atoms with Gasteiger partial charge in [0, 0.05) is 6.92 Å². The van der Waals surface area contributed by atoms with Gasteiger partial charge in [-0.3, -0.25) is 10.1 Å². The summed E-state index contributed by atoms with van der Waals surface area (Å²) < 4.78 is 16.0. The van der Waals surface area contributed by atoms with Crippen LogP contribution in [0.5, 0.6) is 0 Å². The van der Waals surface area contributed by atoms with Crippen LogP contribution < -0.4 is 5.32 Å². The lowest BCUT2D eigenvalue weighted by Gasteiger charge is -2.24. The fourth-order valence-corrected chi connectivity index (χ4v) is 2.26. The number of benzene rings is 2. The fraction of sp³-hybridized carbons (Fsp3) is 0.300. The van der Waals surface area contributed by atoms with E-state index in [0.717, 1.165) is 11.1 Å². The Morgan fingerprint density at radius 1 is 0.923 bits per heavy atom. The Morgan fingerprint density at radius 2 is 1.46 bits per heavy atom. The number of hydrogen-bond acceptors (Lipinski definition) is 5. The van der Waals surface area contributed by atoms with Gasteiger partial charge in [0.1, 0.15) is 12.7 Å². The number of alkyl carbamates (subject to hydrolysis) is 1. The maximum atomic E-state index is 12.1. The van der Waals surface area contributed by atoms with Crippen molar-refractivity contribution < 1.29 is 23.8 Å². The number of esters is 1. The summed E-state index contributed by atoms with van der Waals surface area (Å²) in [6, 6.07) is 18.8. The van der Waals surface area contributed by atoms with Crippen molar-refractivity contribution in [2.45, 2.75) is 39.4 Å². The molecule has 26 heavy (non-hydrogen) atoms. The molecular weight excluding hydrogens is 334 g/mol.